The largest absolute Gasteiger partial charge is 0.322 e. The van der Waals surface area contributed by atoms with Gasteiger partial charge in [-0.3, -0.25) is 0 Å². The van der Waals surface area contributed by atoms with Gasteiger partial charge >= 0.3 is 6.03 Å². The van der Waals surface area contributed by atoms with Gasteiger partial charge in [-0.25, -0.2) is 4.79 Å². The Labute approximate surface area is 167 Å². The van der Waals surface area contributed by atoms with Crippen molar-refractivity contribution in [2.24, 2.45) is 5.92 Å². The molecule has 1 aliphatic heterocycles. The smallest absolute Gasteiger partial charge is 0.318 e. The van der Waals surface area contributed by atoms with Crippen molar-refractivity contribution in [2.45, 2.75) is 26.4 Å². The van der Waals surface area contributed by atoms with Crippen molar-refractivity contribution < 1.29 is 4.79 Å². The number of para-hydroxylation sites is 2. The quantitative estimate of drug-likeness (QED) is 0.540. The summed E-state index contributed by atoms with van der Waals surface area (Å²) in [5, 5.41) is 3.08. The van der Waals surface area contributed by atoms with Crippen LogP contribution in [0.1, 0.15) is 31.1 Å². The molecule has 5 heteroatoms. The van der Waals surface area contributed by atoms with E-state index in [4.69, 9.17) is 0 Å². The van der Waals surface area contributed by atoms with Gasteiger partial charge in [-0.1, -0.05) is 44.2 Å². The number of urea groups is 1. The van der Waals surface area contributed by atoms with Crippen LogP contribution in [0.4, 0.5) is 10.5 Å². The Morgan fingerprint density at radius 1 is 1.07 bits per heavy atom. The second-order valence-corrected chi connectivity index (χ2v) is 8.01. The van der Waals surface area contributed by atoms with Crippen LogP contribution >= 0.6 is 15.9 Å². The van der Waals surface area contributed by atoms with Crippen molar-refractivity contribution in [2.75, 3.05) is 5.32 Å². The van der Waals surface area contributed by atoms with Crippen LogP contribution in [0.2, 0.25) is 0 Å². The standard InChI is InChI=1S/C22H22BrN3O/c1-15(2)21-20-12-7-13-25(20)19-11-6-3-8-16(19)14-26(21)22(27)24-18-10-5-4-9-17(18)23/h3-13,15,21H,14H2,1-2H3,(H,24,27)/t21-/m0/s1. The summed E-state index contributed by atoms with van der Waals surface area (Å²) in [5.41, 5.74) is 4.19. The maximum Gasteiger partial charge on any atom is 0.322 e. The van der Waals surface area contributed by atoms with Crippen molar-refractivity contribution in [1.29, 1.82) is 0 Å². The van der Waals surface area contributed by atoms with Gasteiger partial charge in [0.1, 0.15) is 0 Å². The summed E-state index contributed by atoms with van der Waals surface area (Å²) in [6, 6.07) is 20.0. The molecule has 1 atom stereocenters. The summed E-state index contributed by atoms with van der Waals surface area (Å²) in [6.07, 6.45) is 2.08. The van der Waals surface area contributed by atoms with E-state index in [1.165, 1.54) is 0 Å². The van der Waals surface area contributed by atoms with Crippen LogP contribution in [0, 0.1) is 5.92 Å². The van der Waals surface area contributed by atoms with Crippen LogP contribution < -0.4 is 5.32 Å². The molecule has 3 aromatic rings. The Morgan fingerprint density at radius 3 is 2.59 bits per heavy atom. The zero-order valence-corrected chi connectivity index (χ0v) is 17.0. The van der Waals surface area contributed by atoms with E-state index < -0.39 is 0 Å². The van der Waals surface area contributed by atoms with Crippen LogP contribution in [0.25, 0.3) is 5.69 Å². The van der Waals surface area contributed by atoms with Gasteiger partial charge in [-0.2, -0.15) is 0 Å². The predicted octanol–water partition coefficient (Wildman–Crippen LogP) is 5.98. The number of anilines is 1. The molecule has 27 heavy (non-hydrogen) atoms. The molecule has 0 saturated heterocycles. The van der Waals surface area contributed by atoms with Gasteiger partial charge < -0.3 is 14.8 Å². The Balaban J connectivity index is 1.77. The molecule has 1 aliphatic rings. The van der Waals surface area contributed by atoms with E-state index in [9.17, 15) is 4.79 Å². The van der Waals surface area contributed by atoms with E-state index in [0.29, 0.717) is 6.54 Å². The first kappa shape index (κ1) is 17.9. The van der Waals surface area contributed by atoms with Crippen LogP contribution in [0.3, 0.4) is 0 Å². The van der Waals surface area contributed by atoms with E-state index in [1.54, 1.807) is 0 Å². The van der Waals surface area contributed by atoms with E-state index in [2.05, 4.69) is 70.1 Å². The topological polar surface area (TPSA) is 37.3 Å². The number of halogens is 1. The summed E-state index contributed by atoms with van der Waals surface area (Å²) in [4.78, 5) is 15.3. The molecule has 138 valence electrons. The number of rotatable bonds is 2. The summed E-state index contributed by atoms with van der Waals surface area (Å²) in [6.45, 7) is 4.89. The highest BCUT2D eigenvalue weighted by Gasteiger charge is 2.33. The van der Waals surface area contributed by atoms with Gasteiger partial charge in [-0.15, -0.1) is 0 Å². The number of benzene rings is 2. The monoisotopic (exact) mass is 423 g/mol. The minimum atomic E-state index is -0.0925. The molecular weight excluding hydrogens is 402 g/mol. The number of hydrogen-bond acceptors (Lipinski definition) is 1. The van der Waals surface area contributed by atoms with Crippen molar-refractivity contribution >= 4 is 27.6 Å². The van der Waals surface area contributed by atoms with Gasteiger partial charge in [0.15, 0.2) is 0 Å². The molecule has 2 amide bonds. The predicted molar refractivity (Wildman–Crippen MR) is 112 cm³/mol. The molecule has 0 aliphatic carbocycles. The highest BCUT2D eigenvalue weighted by Crippen LogP contribution is 2.37. The first-order chi connectivity index (χ1) is 13.1. The molecule has 0 radical (unpaired) electrons. The Bertz CT molecular complexity index is 979. The zero-order valence-electron chi connectivity index (χ0n) is 15.4. The summed E-state index contributed by atoms with van der Waals surface area (Å²) in [5.74, 6) is 0.276. The van der Waals surface area contributed by atoms with Crippen LogP contribution in [-0.4, -0.2) is 15.5 Å². The third-order valence-electron chi connectivity index (χ3n) is 5.02. The third kappa shape index (κ3) is 3.28. The minimum Gasteiger partial charge on any atom is -0.318 e. The van der Waals surface area contributed by atoms with Crippen molar-refractivity contribution in [1.82, 2.24) is 9.47 Å². The normalized spacial score (nSPS) is 15.9. The third-order valence-corrected chi connectivity index (χ3v) is 5.71. The lowest BCUT2D eigenvalue weighted by Gasteiger charge is -2.33. The summed E-state index contributed by atoms with van der Waals surface area (Å²) < 4.78 is 3.09. The van der Waals surface area contributed by atoms with Crippen LogP contribution in [-0.2, 0) is 6.54 Å². The number of carbonyl (C=O) groups is 1. The van der Waals surface area contributed by atoms with E-state index >= 15 is 0 Å². The molecule has 2 heterocycles. The lowest BCUT2D eigenvalue weighted by molar-refractivity contribution is 0.162. The number of hydrogen-bond donors (Lipinski definition) is 1. The summed E-state index contributed by atoms with van der Waals surface area (Å²) >= 11 is 3.52. The molecular formula is C22H22BrN3O. The summed E-state index contributed by atoms with van der Waals surface area (Å²) in [7, 11) is 0. The molecule has 0 saturated carbocycles. The number of nitrogens with one attached hydrogen (secondary N) is 1. The Morgan fingerprint density at radius 2 is 1.81 bits per heavy atom. The number of aromatic nitrogens is 1. The highest BCUT2D eigenvalue weighted by atomic mass is 79.9. The average molecular weight is 424 g/mol. The highest BCUT2D eigenvalue weighted by molar-refractivity contribution is 9.10. The van der Waals surface area contributed by atoms with E-state index in [-0.39, 0.29) is 18.0 Å². The number of carbonyl (C=O) groups excluding carboxylic acids is 1. The van der Waals surface area contributed by atoms with E-state index in [0.717, 1.165) is 27.1 Å². The Hall–Kier alpha value is -2.53. The van der Waals surface area contributed by atoms with Crippen LogP contribution in [0.5, 0.6) is 0 Å². The number of amides is 2. The second kappa shape index (κ2) is 7.24. The molecule has 0 unspecified atom stereocenters. The fraction of sp³-hybridized carbons (Fsp3) is 0.227. The minimum absolute atomic E-state index is 0.0186. The fourth-order valence-electron chi connectivity index (χ4n) is 3.82. The molecule has 4 nitrogen and oxygen atoms in total. The second-order valence-electron chi connectivity index (χ2n) is 7.16. The van der Waals surface area contributed by atoms with E-state index in [1.807, 2.05) is 41.3 Å². The van der Waals surface area contributed by atoms with Crippen molar-refractivity contribution in [3.63, 3.8) is 0 Å². The SMILES string of the molecule is CC(C)[C@H]1c2cccn2-c2ccccc2CN1C(=O)Nc1ccccc1Br. The average Bonchev–Trinajstić information content (AvgIpc) is 3.07. The van der Waals surface area contributed by atoms with Gasteiger partial charge in [0.05, 0.1) is 24.0 Å². The Kier molecular flexibility index (Phi) is 4.79. The first-order valence-electron chi connectivity index (χ1n) is 9.14. The molecule has 1 N–H and O–H groups in total. The lowest BCUT2D eigenvalue weighted by atomic mass is 9.99. The molecule has 0 spiro atoms. The van der Waals surface area contributed by atoms with Gasteiger partial charge in [-0.05, 0) is 57.7 Å². The van der Waals surface area contributed by atoms with Crippen molar-refractivity contribution in [3.05, 3.63) is 82.6 Å². The van der Waals surface area contributed by atoms with Gasteiger partial charge in [0, 0.05) is 16.4 Å². The molecule has 0 bridgehead atoms. The van der Waals surface area contributed by atoms with Crippen molar-refractivity contribution in [3.8, 4) is 5.69 Å². The maximum atomic E-state index is 13.3. The molecule has 4 rings (SSSR count). The zero-order chi connectivity index (χ0) is 19.0. The fourth-order valence-corrected chi connectivity index (χ4v) is 4.21. The molecule has 2 aromatic carbocycles. The maximum absolute atomic E-state index is 13.3. The first-order valence-corrected chi connectivity index (χ1v) is 9.93. The number of fused-ring (bicyclic) bond motifs is 3. The van der Waals surface area contributed by atoms with Crippen LogP contribution in [0.15, 0.2) is 71.3 Å². The number of nitrogens with zero attached hydrogens (tertiary/aromatic N) is 2. The van der Waals surface area contributed by atoms with Gasteiger partial charge in [0.2, 0.25) is 0 Å². The lowest BCUT2D eigenvalue weighted by Crippen LogP contribution is -2.39. The molecule has 0 fully saturated rings. The van der Waals surface area contributed by atoms with Gasteiger partial charge in [0.25, 0.3) is 0 Å². The molecule has 1 aromatic heterocycles.